The molecule has 6 heteroatoms. The van der Waals surface area contributed by atoms with E-state index in [1.807, 2.05) is 4.90 Å². The van der Waals surface area contributed by atoms with Crippen molar-refractivity contribution in [3.63, 3.8) is 0 Å². The molecule has 0 N–H and O–H groups in total. The summed E-state index contributed by atoms with van der Waals surface area (Å²) in [4.78, 5) is 19.4. The molecule has 5 nitrogen and oxygen atoms in total. The maximum absolute atomic E-state index is 12.3. The minimum Gasteiger partial charge on any atom is -0.353 e. The first-order chi connectivity index (χ1) is 15.7. The van der Waals surface area contributed by atoms with E-state index in [-0.39, 0.29) is 0 Å². The van der Waals surface area contributed by atoms with Gasteiger partial charge in [0.15, 0.2) is 0 Å². The zero-order chi connectivity index (χ0) is 22.1. The minimum absolute atomic E-state index is 0.313. The average molecular weight is 451 g/mol. The molecule has 1 aromatic heterocycles. The van der Waals surface area contributed by atoms with E-state index < -0.39 is 0 Å². The van der Waals surface area contributed by atoms with Gasteiger partial charge in [-0.15, -0.1) is 0 Å². The maximum Gasteiger partial charge on any atom is 0.227 e. The SMILES string of the molecule is C/C=c1/c(N2CCN(CCc3cc4c5c(c3)CCC(=O)N5CCC4)CC2)ns/c1=C/CC. The molecular formula is C26H34N4OS. The van der Waals surface area contributed by atoms with Crippen LogP contribution < -0.4 is 19.6 Å². The summed E-state index contributed by atoms with van der Waals surface area (Å²) in [6.45, 7) is 10.6. The molecule has 0 radical (unpaired) electrons. The fourth-order valence-corrected chi connectivity index (χ4v) is 6.42. The van der Waals surface area contributed by atoms with Gasteiger partial charge in [-0.05, 0) is 67.3 Å². The maximum atomic E-state index is 12.3. The molecule has 0 aliphatic carbocycles. The molecule has 1 fully saturated rings. The molecule has 0 spiro atoms. The number of aryl methyl sites for hydroxylation is 2. The lowest BCUT2D eigenvalue weighted by Gasteiger charge is -2.36. The molecular weight excluding hydrogens is 416 g/mol. The number of aromatic nitrogens is 1. The lowest BCUT2D eigenvalue weighted by molar-refractivity contribution is -0.119. The van der Waals surface area contributed by atoms with Crippen LogP contribution in [0.15, 0.2) is 12.1 Å². The number of nitrogens with zero attached hydrogens (tertiary/aromatic N) is 4. The van der Waals surface area contributed by atoms with E-state index in [0.717, 1.165) is 71.4 Å². The van der Waals surface area contributed by atoms with E-state index in [4.69, 9.17) is 4.37 Å². The van der Waals surface area contributed by atoms with Crippen molar-refractivity contribution in [3.05, 3.63) is 38.6 Å². The monoisotopic (exact) mass is 450 g/mol. The van der Waals surface area contributed by atoms with E-state index >= 15 is 0 Å². The Morgan fingerprint density at radius 2 is 1.84 bits per heavy atom. The largest absolute Gasteiger partial charge is 0.353 e. The number of carbonyl (C=O) groups excluding carboxylic acids is 1. The normalized spacial score (nSPS) is 20.2. The van der Waals surface area contributed by atoms with Crippen LogP contribution >= 0.6 is 11.5 Å². The predicted molar refractivity (Wildman–Crippen MR) is 134 cm³/mol. The molecule has 0 saturated carbocycles. The molecule has 32 heavy (non-hydrogen) atoms. The topological polar surface area (TPSA) is 39.7 Å². The van der Waals surface area contributed by atoms with E-state index in [2.05, 4.69) is 47.9 Å². The van der Waals surface area contributed by atoms with Crippen molar-refractivity contribution >= 4 is 41.1 Å². The highest BCUT2D eigenvalue weighted by molar-refractivity contribution is 7.03. The predicted octanol–water partition coefficient (Wildman–Crippen LogP) is 2.72. The summed E-state index contributed by atoms with van der Waals surface area (Å²) in [5, 5.41) is 1.31. The van der Waals surface area contributed by atoms with Crippen LogP contribution in [-0.4, -0.2) is 54.4 Å². The highest BCUT2D eigenvalue weighted by Crippen LogP contribution is 2.36. The van der Waals surface area contributed by atoms with Crippen molar-refractivity contribution in [2.75, 3.05) is 49.1 Å². The summed E-state index contributed by atoms with van der Waals surface area (Å²) >= 11 is 1.63. The summed E-state index contributed by atoms with van der Waals surface area (Å²) in [5.74, 6) is 1.48. The Balaban J connectivity index is 1.22. The third kappa shape index (κ3) is 4.11. The van der Waals surface area contributed by atoms with Crippen LogP contribution in [0.5, 0.6) is 0 Å². The molecule has 1 amide bonds. The molecule has 0 bridgehead atoms. The standard InChI is InChI=1S/C26H34N4OS/c1-3-6-23-22(4-2)26(27-32-23)29-15-13-28(14-16-29)12-10-19-17-20-7-5-11-30-24(31)9-8-21(18-19)25(20)30/h4,6,17-18H,3,5,7-16H2,1-2H3/b22-4+,23-6+. The van der Waals surface area contributed by atoms with Crippen molar-refractivity contribution in [1.82, 2.24) is 9.27 Å². The summed E-state index contributed by atoms with van der Waals surface area (Å²) in [6.07, 6.45) is 10.4. The quantitative estimate of drug-likeness (QED) is 0.702. The molecule has 1 aromatic carbocycles. The number of carbonyl (C=O) groups is 1. The minimum atomic E-state index is 0.313. The van der Waals surface area contributed by atoms with Crippen molar-refractivity contribution in [2.45, 2.75) is 52.4 Å². The van der Waals surface area contributed by atoms with Gasteiger partial charge in [-0.3, -0.25) is 9.69 Å². The summed E-state index contributed by atoms with van der Waals surface area (Å²) in [6, 6.07) is 4.76. The lowest BCUT2D eigenvalue weighted by Crippen LogP contribution is -2.48. The van der Waals surface area contributed by atoms with Gasteiger partial charge < -0.3 is 9.80 Å². The van der Waals surface area contributed by atoms with Crippen LogP contribution in [0.4, 0.5) is 11.5 Å². The summed E-state index contributed by atoms with van der Waals surface area (Å²) in [7, 11) is 0. The number of benzene rings is 1. The van der Waals surface area contributed by atoms with Gasteiger partial charge in [0.1, 0.15) is 5.82 Å². The van der Waals surface area contributed by atoms with Crippen LogP contribution in [0.3, 0.4) is 0 Å². The smallest absolute Gasteiger partial charge is 0.227 e. The number of hydrogen-bond donors (Lipinski definition) is 0. The van der Waals surface area contributed by atoms with Crippen molar-refractivity contribution < 1.29 is 4.79 Å². The van der Waals surface area contributed by atoms with Gasteiger partial charge in [0.05, 0.1) is 10.2 Å². The van der Waals surface area contributed by atoms with Gasteiger partial charge in [0, 0.05) is 50.9 Å². The Hall–Kier alpha value is -2.18. The highest BCUT2D eigenvalue weighted by Gasteiger charge is 2.29. The zero-order valence-corrected chi connectivity index (χ0v) is 20.2. The first-order valence-electron chi connectivity index (χ1n) is 12.2. The Bertz CT molecular complexity index is 1100. The number of hydrogen-bond acceptors (Lipinski definition) is 5. The Labute approximate surface area is 195 Å². The molecule has 5 rings (SSSR count). The fourth-order valence-electron chi connectivity index (χ4n) is 5.47. The van der Waals surface area contributed by atoms with Crippen molar-refractivity contribution in [3.8, 4) is 0 Å². The van der Waals surface area contributed by atoms with E-state index in [0.29, 0.717) is 12.3 Å². The Morgan fingerprint density at radius 3 is 2.59 bits per heavy atom. The van der Waals surface area contributed by atoms with Gasteiger partial charge in [-0.2, -0.15) is 4.37 Å². The van der Waals surface area contributed by atoms with Crippen LogP contribution in [0, 0.1) is 0 Å². The molecule has 1 saturated heterocycles. The van der Waals surface area contributed by atoms with Crippen LogP contribution in [0.2, 0.25) is 0 Å². The van der Waals surface area contributed by atoms with Gasteiger partial charge in [-0.25, -0.2) is 0 Å². The number of rotatable bonds is 5. The van der Waals surface area contributed by atoms with E-state index in [1.165, 1.54) is 37.9 Å². The first-order valence-corrected chi connectivity index (χ1v) is 13.0. The van der Waals surface area contributed by atoms with Crippen LogP contribution in [0.25, 0.3) is 12.2 Å². The molecule has 3 aliphatic rings. The summed E-state index contributed by atoms with van der Waals surface area (Å²) < 4.78 is 6.09. The third-order valence-electron chi connectivity index (χ3n) is 7.14. The Morgan fingerprint density at radius 1 is 1.06 bits per heavy atom. The molecule has 0 unspecified atom stereocenters. The summed E-state index contributed by atoms with van der Waals surface area (Å²) in [5.41, 5.74) is 5.48. The van der Waals surface area contributed by atoms with Gasteiger partial charge in [0.2, 0.25) is 5.91 Å². The fraction of sp³-hybridized carbons (Fsp3) is 0.538. The third-order valence-corrected chi connectivity index (χ3v) is 7.99. The molecule has 3 aliphatic heterocycles. The van der Waals surface area contributed by atoms with Crippen LogP contribution in [0.1, 0.15) is 49.8 Å². The van der Waals surface area contributed by atoms with Crippen molar-refractivity contribution in [2.24, 2.45) is 0 Å². The van der Waals surface area contributed by atoms with Gasteiger partial charge in [-0.1, -0.05) is 31.2 Å². The van der Waals surface area contributed by atoms with Gasteiger partial charge >= 0.3 is 0 Å². The molecule has 0 atom stereocenters. The highest BCUT2D eigenvalue weighted by atomic mass is 32.1. The van der Waals surface area contributed by atoms with Crippen LogP contribution in [-0.2, 0) is 24.1 Å². The second-order valence-electron chi connectivity index (χ2n) is 9.18. The molecule has 4 heterocycles. The first kappa shape index (κ1) is 21.7. The number of anilines is 2. The lowest BCUT2D eigenvalue weighted by atomic mass is 9.89. The van der Waals surface area contributed by atoms with E-state index in [1.54, 1.807) is 11.5 Å². The van der Waals surface area contributed by atoms with Crippen molar-refractivity contribution in [1.29, 1.82) is 0 Å². The van der Waals surface area contributed by atoms with Gasteiger partial charge in [0.25, 0.3) is 0 Å². The zero-order valence-electron chi connectivity index (χ0n) is 19.4. The Kier molecular flexibility index (Phi) is 6.33. The second kappa shape index (κ2) is 9.36. The number of amides is 1. The van der Waals surface area contributed by atoms with E-state index in [9.17, 15) is 4.79 Å². The molecule has 2 aromatic rings. The number of piperazine rings is 1. The average Bonchev–Trinajstić information content (AvgIpc) is 3.23. The second-order valence-corrected chi connectivity index (χ2v) is 9.98. The molecule has 170 valence electrons.